The second-order valence-electron chi connectivity index (χ2n) is 6.04. The number of nitrogens with two attached hydrogens (primary N) is 1. The maximum absolute atomic E-state index is 5.44. The van der Waals surface area contributed by atoms with Crippen LogP contribution in [0, 0.1) is 0 Å². The number of hydrogen-bond donors (Lipinski definition) is 3. The largest absolute Gasteiger partial charge is 0.365 e. The summed E-state index contributed by atoms with van der Waals surface area (Å²) in [4.78, 5) is 8.95. The maximum Gasteiger partial charge on any atom is 0.145 e. The van der Waals surface area contributed by atoms with Gasteiger partial charge in [0.05, 0.1) is 0 Å². The number of anilines is 2. The average molecular weight is 235 g/mol. The fourth-order valence-corrected chi connectivity index (χ4v) is 1.54. The third-order valence-electron chi connectivity index (χ3n) is 2.97. The van der Waals surface area contributed by atoms with Crippen LogP contribution in [0.4, 0.5) is 11.6 Å². The minimum Gasteiger partial charge on any atom is -0.365 e. The molecule has 1 aliphatic rings. The topological polar surface area (TPSA) is 75.9 Å². The van der Waals surface area contributed by atoms with Crippen LogP contribution in [0.5, 0.6) is 0 Å². The van der Waals surface area contributed by atoms with Crippen LogP contribution in [-0.4, -0.2) is 15.5 Å². The lowest BCUT2D eigenvalue weighted by atomic mass is 9.96. The molecular weight excluding hydrogens is 214 g/mol. The monoisotopic (exact) mass is 235 g/mol. The molecule has 0 spiro atoms. The predicted octanol–water partition coefficient (Wildman–Crippen LogP) is 2.02. The Balaban J connectivity index is 2.31. The van der Waals surface area contributed by atoms with Crippen LogP contribution >= 0.6 is 0 Å². The van der Waals surface area contributed by atoms with E-state index in [1.165, 1.54) is 12.8 Å². The van der Waals surface area contributed by atoms with E-state index in [9.17, 15) is 0 Å². The summed E-state index contributed by atoms with van der Waals surface area (Å²) in [5, 5.41) is 3.43. The minimum atomic E-state index is -0.0895. The predicted molar refractivity (Wildman–Crippen MR) is 69.8 cm³/mol. The van der Waals surface area contributed by atoms with E-state index in [0.29, 0.717) is 5.82 Å². The summed E-state index contributed by atoms with van der Waals surface area (Å²) in [6.45, 7) is 8.46. The molecule has 0 unspecified atom stereocenters. The van der Waals surface area contributed by atoms with Crippen molar-refractivity contribution in [1.29, 1.82) is 0 Å². The fourth-order valence-electron chi connectivity index (χ4n) is 1.54. The molecule has 1 aromatic rings. The van der Waals surface area contributed by atoms with Gasteiger partial charge in [0.25, 0.3) is 0 Å². The van der Waals surface area contributed by atoms with Crippen LogP contribution < -0.4 is 16.6 Å². The minimum absolute atomic E-state index is 0.0895. The fraction of sp³-hybridized carbons (Fsp3) is 0.667. The van der Waals surface area contributed by atoms with E-state index in [4.69, 9.17) is 5.84 Å². The summed E-state index contributed by atoms with van der Waals surface area (Å²) in [5.74, 6) is 7.73. The van der Waals surface area contributed by atoms with Gasteiger partial charge in [-0.2, -0.15) is 0 Å². The summed E-state index contributed by atoms with van der Waals surface area (Å²) in [7, 11) is 0. The van der Waals surface area contributed by atoms with Crippen LogP contribution in [0.3, 0.4) is 0 Å². The van der Waals surface area contributed by atoms with Crippen LogP contribution in [-0.2, 0) is 5.41 Å². The molecule has 1 aliphatic carbocycles. The second-order valence-corrected chi connectivity index (χ2v) is 6.04. The highest BCUT2D eigenvalue weighted by Gasteiger charge is 2.37. The molecule has 1 fully saturated rings. The van der Waals surface area contributed by atoms with E-state index in [0.717, 1.165) is 11.6 Å². The Labute approximate surface area is 102 Å². The highest BCUT2D eigenvalue weighted by Crippen LogP contribution is 2.38. The highest BCUT2D eigenvalue weighted by atomic mass is 15.3. The van der Waals surface area contributed by atoms with Gasteiger partial charge in [0.2, 0.25) is 0 Å². The van der Waals surface area contributed by atoms with Crippen molar-refractivity contribution in [2.75, 3.05) is 10.7 Å². The number of nitrogens with one attached hydrogen (secondary N) is 2. The van der Waals surface area contributed by atoms with Crippen molar-refractivity contribution in [3.63, 3.8) is 0 Å². The summed E-state index contributed by atoms with van der Waals surface area (Å²) < 4.78 is 0. The molecule has 1 heterocycles. The lowest BCUT2D eigenvalue weighted by Gasteiger charge is -2.20. The summed E-state index contributed by atoms with van der Waals surface area (Å²) in [5.41, 5.74) is 2.71. The Kier molecular flexibility index (Phi) is 2.73. The third kappa shape index (κ3) is 2.85. The molecule has 0 amide bonds. The van der Waals surface area contributed by atoms with Crippen molar-refractivity contribution in [3.8, 4) is 0 Å². The molecule has 5 heteroatoms. The van der Waals surface area contributed by atoms with E-state index >= 15 is 0 Å². The molecule has 1 aromatic heterocycles. The molecule has 0 atom stereocenters. The van der Waals surface area contributed by atoms with Gasteiger partial charge < -0.3 is 10.7 Å². The van der Waals surface area contributed by atoms with Gasteiger partial charge in [0, 0.05) is 17.0 Å². The summed E-state index contributed by atoms with van der Waals surface area (Å²) >= 11 is 0. The highest BCUT2D eigenvalue weighted by molar-refractivity contribution is 5.49. The molecule has 0 radical (unpaired) electrons. The molecular formula is C12H21N5. The molecule has 17 heavy (non-hydrogen) atoms. The van der Waals surface area contributed by atoms with E-state index in [1.807, 2.05) is 6.07 Å². The quantitative estimate of drug-likeness (QED) is 0.552. The van der Waals surface area contributed by atoms with Crippen molar-refractivity contribution in [2.45, 2.75) is 51.5 Å². The van der Waals surface area contributed by atoms with Crippen molar-refractivity contribution in [2.24, 2.45) is 5.84 Å². The Morgan fingerprint density at radius 2 is 1.82 bits per heavy atom. The molecule has 94 valence electrons. The number of rotatable bonds is 3. The first kappa shape index (κ1) is 12.1. The van der Waals surface area contributed by atoms with Gasteiger partial charge in [0.15, 0.2) is 0 Å². The number of hydrazine groups is 1. The van der Waals surface area contributed by atoms with Gasteiger partial charge in [-0.3, -0.25) is 0 Å². The lowest BCUT2D eigenvalue weighted by Crippen LogP contribution is -2.22. The van der Waals surface area contributed by atoms with Gasteiger partial charge >= 0.3 is 0 Å². The van der Waals surface area contributed by atoms with Gasteiger partial charge in [-0.05, 0) is 19.8 Å². The van der Waals surface area contributed by atoms with Gasteiger partial charge in [-0.1, -0.05) is 20.8 Å². The maximum atomic E-state index is 5.44. The smallest absolute Gasteiger partial charge is 0.145 e. The number of nitrogens with zero attached hydrogens (tertiary/aromatic N) is 2. The van der Waals surface area contributed by atoms with E-state index in [-0.39, 0.29) is 11.0 Å². The molecule has 0 aliphatic heterocycles. The number of hydrogen-bond acceptors (Lipinski definition) is 5. The zero-order valence-electron chi connectivity index (χ0n) is 11.0. The summed E-state index contributed by atoms with van der Waals surface area (Å²) in [6, 6.07) is 1.85. The van der Waals surface area contributed by atoms with Crippen molar-refractivity contribution in [3.05, 3.63) is 11.9 Å². The first-order chi connectivity index (χ1) is 7.82. The van der Waals surface area contributed by atoms with Crippen LogP contribution in [0.1, 0.15) is 46.4 Å². The van der Waals surface area contributed by atoms with Crippen molar-refractivity contribution < 1.29 is 0 Å². The molecule has 0 aromatic carbocycles. The lowest BCUT2D eigenvalue weighted by molar-refractivity contribution is 0.546. The first-order valence-electron chi connectivity index (χ1n) is 5.97. The molecule has 5 nitrogen and oxygen atoms in total. The normalized spacial score (nSPS) is 17.7. The Hall–Kier alpha value is -1.36. The van der Waals surface area contributed by atoms with E-state index in [1.54, 1.807) is 0 Å². The Bertz CT molecular complexity index is 417. The zero-order chi connectivity index (χ0) is 12.7. The molecule has 0 saturated heterocycles. The Morgan fingerprint density at radius 3 is 2.29 bits per heavy atom. The molecule has 2 rings (SSSR count). The van der Waals surface area contributed by atoms with Crippen molar-refractivity contribution >= 4 is 11.6 Å². The first-order valence-corrected chi connectivity index (χ1v) is 5.97. The molecule has 4 N–H and O–H groups in total. The van der Waals surface area contributed by atoms with E-state index in [2.05, 4.69) is 48.4 Å². The van der Waals surface area contributed by atoms with Crippen LogP contribution in [0.15, 0.2) is 6.07 Å². The summed E-state index contributed by atoms with van der Waals surface area (Å²) in [6.07, 6.45) is 2.38. The third-order valence-corrected chi connectivity index (χ3v) is 2.97. The molecule has 1 saturated carbocycles. The SMILES string of the molecule is CC1(Nc2cc(NN)nc(C(C)(C)C)n2)CC1. The standard InChI is InChI=1S/C12H21N5/c1-11(2,3)10-14-8(7-9(15-10)17-13)16-12(4)5-6-12/h7H,5-6,13H2,1-4H3,(H2,14,15,16,17). The number of nitrogen functional groups attached to an aromatic ring is 1. The second kappa shape index (κ2) is 3.84. The average Bonchev–Trinajstić information content (AvgIpc) is 2.94. The van der Waals surface area contributed by atoms with Crippen molar-refractivity contribution in [1.82, 2.24) is 9.97 Å². The van der Waals surface area contributed by atoms with E-state index < -0.39 is 0 Å². The van der Waals surface area contributed by atoms with Crippen LogP contribution in [0.2, 0.25) is 0 Å². The zero-order valence-corrected chi connectivity index (χ0v) is 11.0. The number of aromatic nitrogens is 2. The van der Waals surface area contributed by atoms with Crippen LogP contribution in [0.25, 0.3) is 0 Å². The van der Waals surface area contributed by atoms with Gasteiger partial charge in [-0.25, -0.2) is 15.8 Å². The Morgan fingerprint density at radius 1 is 1.24 bits per heavy atom. The van der Waals surface area contributed by atoms with Gasteiger partial charge in [-0.15, -0.1) is 0 Å². The van der Waals surface area contributed by atoms with Gasteiger partial charge in [0.1, 0.15) is 17.5 Å². The molecule has 0 bridgehead atoms.